The van der Waals surface area contributed by atoms with E-state index in [0.717, 1.165) is 18.2 Å². The van der Waals surface area contributed by atoms with Gasteiger partial charge in [0.15, 0.2) is 17.3 Å². The molecule has 4 rings (SSSR count). The van der Waals surface area contributed by atoms with Gasteiger partial charge in [-0.25, -0.2) is 0 Å². The Morgan fingerprint density at radius 1 is 1.00 bits per heavy atom. The number of aromatic hydroxyl groups is 2. The van der Waals surface area contributed by atoms with Crippen LogP contribution in [0.15, 0.2) is 47.4 Å². The fourth-order valence-corrected chi connectivity index (χ4v) is 5.28. The minimum atomic E-state index is -4.45. The van der Waals surface area contributed by atoms with Crippen LogP contribution in [0.3, 0.4) is 0 Å². The molecule has 0 radical (unpaired) electrons. The minimum absolute atomic E-state index is 0.00754. The van der Waals surface area contributed by atoms with E-state index in [9.17, 15) is 42.6 Å². The van der Waals surface area contributed by atoms with Crippen LogP contribution in [-0.4, -0.2) is 40.0 Å². The molecule has 228 valence electrons. The van der Waals surface area contributed by atoms with Gasteiger partial charge in [-0.3, -0.25) is 19.2 Å². The molecule has 1 aliphatic heterocycles. The van der Waals surface area contributed by atoms with Crippen molar-refractivity contribution in [2.24, 2.45) is 0 Å². The lowest BCUT2D eigenvalue weighted by Gasteiger charge is -2.29. The maximum Gasteiger partial charge on any atom is 0.416 e. The molecular formula is C31H31F3N2O7. The highest BCUT2D eigenvalue weighted by molar-refractivity contribution is 6.31. The lowest BCUT2D eigenvalue weighted by Crippen LogP contribution is -2.41. The monoisotopic (exact) mass is 600 g/mol. The highest BCUT2D eigenvalue weighted by Gasteiger charge is 2.56. The molecule has 4 N–H and O–H groups in total. The molecule has 43 heavy (non-hydrogen) atoms. The van der Waals surface area contributed by atoms with Crippen molar-refractivity contribution in [2.75, 3.05) is 11.9 Å². The van der Waals surface area contributed by atoms with Crippen molar-refractivity contribution < 1.29 is 47.3 Å². The van der Waals surface area contributed by atoms with Gasteiger partial charge in [0.25, 0.3) is 0 Å². The van der Waals surface area contributed by atoms with Gasteiger partial charge in [-0.05, 0) is 64.8 Å². The highest BCUT2D eigenvalue weighted by atomic mass is 19.4. The molecule has 0 saturated carbocycles. The number of hydrogen-bond donors (Lipinski definition) is 4. The first-order valence-corrected chi connectivity index (χ1v) is 13.6. The smallest absolute Gasteiger partial charge is 0.416 e. The number of hydrogen-bond acceptors (Lipinski definition) is 8. The number of amides is 1. The van der Waals surface area contributed by atoms with Gasteiger partial charge < -0.3 is 25.6 Å². The number of nitrogens with one attached hydrogen (secondary N) is 2. The molecule has 0 spiro atoms. The lowest BCUT2D eigenvalue weighted by atomic mass is 9.70. The SMILES string of the molecule is CC(=O)c1c(O)c(C)c(O)c2c1OC1=CC(=O)/C(=C(/C)NCCCCCC(=O)Nc3ccc(C(F)(F)F)cc3)C(=O)C12C. The molecule has 1 amide bonds. The average molecular weight is 601 g/mol. The van der Waals surface area contributed by atoms with Crippen LogP contribution in [0.25, 0.3) is 0 Å². The Bertz CT molecular complexity index is 1590. The number of phenols is 2. The van der Waals surface area contributed by atoms with Crippen molar-refractivity contribution in [2.45, 2.75) is 65.0 Å². The second-order valence-corrected chi connectivity index (χ2v) is 10.7. The van der Waals surface area contributed by atoms with Gasteiger partial charge >= 0.3 is 6.18 Å². The topological polar surface area (TPSA) is 142 Å². The third kappa shape index (κ3) is 5.73. The van der Waals surface area contributed by atoms with Crippen LogP contribution in [0.4, 0.5) is 18.9 Å². The molecule has 1 unspecified atom stereocenters. The third-order valence-electron chi connectivity index (χ3n) is 7.73. The highest BCUT2D eigenvalue weighted by Crippen LogP contribution is 2.57. The first kappa shape index (κ1) is 31.3. The van der Waals surface area contributed by atoms with E-state index >= 15 is 0 Å². The van der Waals surface area contributed by atoms with E-state index in [-0.39, 0.29) is 51.8 Å². The summed E-state index contributed by atoms with van der Waals surface area (Å²) in [5.41, 5.74) is -2.13. The average Bonchev–Trinajstić information content (AvgIpc) is 3.21. The first-order valence-electron chi connectivity index (χ1n) is 13.6. The summed E-state index contributed by atoms with van der Waals surface area (Å²) < 4.78 is 43.8. The summed E-state index contributed by atoms with van der Waals surface area (Å²) in [7, 11) is 0. The molecule has 0 bridgehead atoms. The maximum atomic E-state index is 13.8. The van der Waals surface area contributed by atoms with E-state index in [1.165, 1.54) is 32.9 Å². The van der Waals surface area contributed by atoms with E-state index in [2.05, 4.69) is 10.6 Å². The molecular weight excluding hydrogens is 569 g/mol. The van der Waals surface area contributed by atoms with E-state index in [4.69, 9.17) is 4.74 Å². The molecule has 0 saturated heterocycles. The Morgan fingerprint density at radius 3 is 2.26 bits per heavy atom. The number of Topliss-reactive ketones (excluding diaryl/α,β-unsaturated/α-hetero) is 2. The predicted molar refractivity (Wildman–Crippen MR) is 150 cm³/mol. The van der Waals surface area contributed by atoms with Crippen LogP contribution in [0.1, 0.15) is 73.5 Å². The van der Waals surface area contributed by atoms with E-state index in [0.29, 0.717) is 31.5 Å². The molecule has 12 heteroatoms. The van der Waals surface area contributed by atoms with Crippen LogP contribution >= 0.6 is 0 Å². The Labute approximate surface area is 245 Å². The second kappa shape index (κ2) is 11.6. The van der Waals surface area contributed by atoms with Crippen LogP contribution in [0.2, 0.25) is 0 Å². The number of carbonyl (C=O) groups is 4. The molecule has 0 aromatic heterocycles. The summed E-state index contributed by atoms with van der Waals surface area (Å²) in [5, 5.41) is 27.0. The summed E-state index contributed by atoms with van der Waals surface area (Å²) in [6.45, 7) is 6.06. The summed E-state index contributed by atoms with van der Waals surface area (Å²) in [6, 6.07) is 4.18. The Morgan fingerprint density at radius 2 is 1.65 bits per heavy atom. The number of unbranched alkanes of at least 4 members (excludes halogenated alkanes) is 2. The van der Waals surface area contributed by atoms with Crippen molar-refractivity contribution in [1.82, 2.24) is 5.32 Å². The van der Waals surface area contributed by atoms with Gasteiger partial charge in [-0.1, -0.05) is 6.42 Å². The largest absolute Gasteiger partial charge is 0.507 e. The quantitative estimate of drug-likeness (QED) is 0.130. The van der Waals surface area contributed by atoms with Crippen LogP contribution in [-0.2, 0) is 26.0 Å². The lowest BCUT2D eigenvalue weighted by molar-refractivity contribution is -0.137. The number of anilines is 1. The fourth-order valence-electron chi connectivity index (χ4n) is 5.28. The minimum Gasteiger partial charge on any atom is -0.507 e. The molecule has 2 aliphatic rings. The number of allylic oxidation sites excluding steroid dienone is 4. The van der Waals surface area contributed by atoms with Crippen LogP contribution in [0, 0.1) is 6.92 Å². The fraction of sp³-hybridized carbons (Fsp3) is 0.355. The van der Waals surface area contributed by atoms with Crippen molar-refractivity contribution in [3.8, 4) is 17.2 Å². The third-order valence-corrected chi connectivity index (χ3v) is 7.73. The number of ether oxygens (including phenoxy) is 1. The number of alkyl halides is 3. The van der Waals surface area contributed by atoms with Crippen LogP contribution in [0.5, 0.6) is 17.2 Å². The zero-order valence-electron chi connectivity index (χ0n) is 24.0. The van der Waals surface area contributed by atoms with Gasteiger partial charge in [0, 0.05) is 36.0 Å². The predicted octanol–water partition coefficient (Wildman–Crippen LogP) is 5.38. The summed E-state index contributed by atoms with van der Waals surface area (Å²) in [4.78, 5) is 51.2. The standard InChI is InChI=1S/C31H31F3N2O7/c1-15-26(40)24(17(3)37)28-25(27(15)41)30(4)21(43-28)14-20(38)23(29(30)42)16(2)35-13-7-5-6-8-22(39)36-19-11-9-18(10-12-19)31(32,33)34/h9-12,14,35,40-41H,5-8,13H2,1-4H3,(H,36,39)/b23-16+. The second-order valence-electron chi connectivity index (χ2n) is 10.7. The summed E-state index contributed by atoms with van der Waals surface area (Å²) in [6.07, 6.45) is -1.44. The number of carbonyl (C=O) groups excluding carboxylic acids is 4. The molecule has 2 aromatic rings. The van der Waals surface area contributed by atoms with Gasteiger partial charge in [0.05, 0.1) is 16.7 Å². The number of ketones is 3. The molecule has 0 fully saturated rings. The normalized spacial score (nSPS) is 18.8. The summed E-state index contributed by atoms with van der Waals surface area (Å²) >= 11 is 0. The first-order chi connectivity index (χ1) is 20.1. The van der Waals surface area contributed by atoms with Crippen molar-refractivity contribution in [1.29, 1.82) is 0 Å². The van der Waals surface area contributed by atoms with Gasteiger partial charge in [0.1, 0.15) is 34.0 Å². The van der Waals surface area contributed by atoms with Gasteiger partial charge in [0.2, 0.25) is 5.91 Å². The van der Waals surface area contributed by atoms with Crippen molar-refractivity contribution in [3.05, 3.63) is 69.6 Å². The number of rotatable bonds is 9. The maximum absolute atomic E-state index is 13.8. The van der Waals surface area contributed by atoms with E-state index in [1.54, 1.807) is 6.92 Å². The van der Waals surface area contributed by atoms with Gasteiger partial charge in [-0.15, -0.1) is 0 Å². The zero-order valence-corrected chi connectivity index (χ0v) is 24.0. The molecule has 1 aliphatic carbocycles. The van der Waals surface area contributed by atoms with Crippen molar-refractivity contribution in [3.63, 3.8) is 0 Å². The molecule has 9 nitrogen and oxygen atoms in total. The number of halogens is 3. The molecule has 1 heterocycles. The number of fused-ring (bicyclic) bond motifs is 3. The number of phenolic OH excluding ortho intramolecular Hbond substituents is 2. The van der Waals surface area contributed by atoms with Crippen molar-refractivity contribution >= 4 is 28.9 Å². The summed E-state index contributed by atoms with van der Waals surface area (Å²) in [5.74, 6) is -3.19. The Balaban J connectivity index is 1.37. The molecule has 2 aromatic carbocycles. The van der Waals surface area contributed by atoms with E-state index < -0.39 is 46.0 Å². The zero-order chi connectivity index (χ0) is 31.9. The Kier molecular flexibility index (Phi) is 8.44. The molecule has 1 atom stereocenters. The van der Waals surface area contributed by atoms with Gasteiger partial charge in [-0.2, -0.15) is 13.2 Å². The van der Waals surface area contributed by atoms with Crippen LogP contribution < -0.4 is 15.4 Å². The number of benzene rings is 2. The van der Waals surface area contributed by atoms with E-state index in [1.807, 2.05) is 0 Å². The Hall–Kier alpha value is -4.61.